The summed E-state index contributed by atoms with van der Waals surface area (Å²) < 4.78 is 0. The Hall–Kier alpha value is -4.56. The lowest BCUT2D eigenvalue weighted by Gasteiger charge is -2.21. The second-order valence-corrected chi connectivity index (χ2v) is 9.61. The molecule has 0 aliphatic rings. The standard InChI is InChI=1S/C34H28N2/c1-21-16-22(2)18-26(17-21)30-20-25-13-7-9-15-28(25)32(34(30)36)31-27-14-8-6-12-24(27)19-29(33(31)35)23-10-4-3-5-11-23/h3-20H,35-36H2,1-2H3. The molecule has 0 fully saturated rings. The molecule has 0 aromatic heterocycles. The molecule has 0 saturated heterocycles. The van der Waals surface area contributed by atoms with E-state index in [-0.39, 0.29) is 0 Å². The van der Waals surface area contributed by atoms with Crippen LogP contribution in [0.5, 0.6) is 0 Å². The topological polar surface area (TPSA) is 52.0 Å². The van der Waals surface area contributed by atoms with Crippen molar-refractivity contribution in [3.05, 3.63) is 120 Å². The highest BCUT2D eigenvalue weighted by Crippen LogP contribution is 2.48. The number of hydrogen-bond acceptors (Lipinski definition) is 2. The van der Waals surface area contributed by atoms with Gasteiger partial charge in [0.1, 0.15) is 0 Å². The summed E-state index contributed by atoms with van der Waals surface area (Å²) in [6.45, 7) is 4.26. The Balaban J connectivity index is 1.77. The largest absolute Gasteiger partial charge is 0.398 e. The Morgan fingerprint density at radius 1 is 0.444 bits per heavy atom. The van der Waals surface area contributed by atoms with Crippen LogP contribution in [0.15, 0.2) is 109 Å². The lowest BCUT2D eigenvalue weighted by Crippen LogP contribution is -2.01. The number of benzene rings is 6. The Labute approximate surface area is 211 Å². The quantitative estimate of drug-likeness (QED) is 0.257. The number of rotatable bonds is 3. The number of nitrogens with two attached hydrogens (primary N) is 2. The van der Waals surface area contributed by atoms with E-state index < -0.39 is 0 Å². The molecule has 0 bridgehead atoms. The number of hydrogen-bond donors (Lipinski definition) is 2. The van der Waals surface area contributed by atoms with Crippen LogP contribution in [0, 0.1) is 13.8 Å². The molecule has 2 nitrogen and oxygen atoms in total. The highest BCUT2D eigenvalue weighted by molar-refractivity contribution is 6.17. The fraction of sp³-hybridized carbons (Fsp3) is 0.0588. The molecule has 0 radical (unpaired) electrons. The molecule has 36 heavy (non-hydrogen) atoms. The zero-order valence-corrected chi connectivity index (χ0v) is 20.5. The van der Waals surface area contributed by atoms with Gasteiger partial charge in [0.15, 0.2) is 0 Å². The van der Waals surface area contributed by atoms with E-state index in [2.05, 4.69) is 105 Å². The predicted octanol–water partition coefficient (Wildman–Crippen LogP) is 8.78. The van der Waals surface area contributed by atoms with Crippen LogP contribution in [0.25, 0.3) is 54.9 Å². The van der Waals surface area contributed by atoms with Crippen LogP contribution in [0.3, 0.4) is 0 Å². The van der Waals surface area contributed by atoms with E-state index in [9.17, 15) is 0 Å². The number of nitrogen functional groups attached to an aromatic ring is 2. The molecule has 0 aliphatic carbocycles. The van der Waals surface area contributed by atoms with Crippen LogP contribution in [0.4, 0.5) is 11.4 Å². The SMILES string of the molecule is Cc1cc(C)cc(-c2cc3ccccc3c(-c3c(N)c(-c4ccccc4)cc4ccccc34)c2N)c1. The highest BCUT2D eigenvalue weighted by atomic mass is 14.6. The van der Waals surface area contributed by atoms with Gasteiger partial charge < -0.3 is 11.5 Å². The molecule has 6 rings (SSSR count). The summed E-state index contributed by atoms with van der Waals surface area (Å²) in [6.07, 6.45) is 0. The molecular formula is C34H28N2. The van der Waals surface area contributed by atoms with Crippen molar-refractivity contribution < 1.29 is 0 Å². The fourth-order valence-corrected chi connectivity index (χ4v) is 5.49. The summed E-state index contributed by atoms with van der Waals surface area (Å²) >= 11 is 0. The second-order valence-electron chi connectivity index (χ2n) is 9.61. The molecule has 0 saturated carbocycles. The molecule has 0 aliphatic heterocycles. The van der Waals surface area contributed by atoms with Crippen molar-refractivity contribution in [2.45, 2.75) is 13.8 Å². The molecule has 0 atom stereocenters. The van der Waals surface area contributed by atoms with Crippen molar-refractivity contribution in [2.24, 2.45) is 0 Å². The van der Waals surface area contributed by atoms with Gasteiger partial charge in [-0.05, 0) is 58.7 Å². The van der Waals surface area contributed by atoms with Crippen molar-refractivity contribution in [2.75, 3.05) is 11.5 Å². The molecular weight excluding hydrogens is 436 g/mol. The average Bonchev–Trinajstić information content (AvgIpc) is 2.89. The minimum absolute atomic E-state index is 0.745. The average molecular weight is 465 g/mol. The summed E-state index contributed by atoms with van der Waals surface area (Å²) in [4.78, 5) is 0. The third kappa shape index (κ3) is 3.59. The first-order chi connectivity index (χ1) is 17.5. The number of fused-ring (bicyclic) bond motifs is 2. The van der Waals surface area contributed by atoms with Gasteiger partial charge in [0, 0.05) is 33.6 Å². The number of anilines is 2. The fourth-order valence-electron chi connectivity index (χ4n) is 5.49. The van der Waals surface area contributed by atoms with Gasteiger partial charge in [0.05, 0.1) is 0 Å². The van der Waals surface area contributed by atoms with E-state index in [1.807, 2.05) is 18.2 Å². The van der Waals surface area contributed by atoms with Gasteiger partial charge in [0.2, 0.25) is 0 Å². The van der Waals surface area contributed by atoms with Crippen molar-refractivity contribution in [3.8, 4) is 33.4 Å². The third-order valence-corrected chi connectivity index (χ3v) is 7.05. The zero-order valence-electron chi connectivity index (χ0n) is 20.5. The summed E-state index contributed by atoms with van der Waals surface area (Å²) in [5.74, 6) is 0. The maximum Gasteiger partial charge on any atom is 0.0480 e. The maximum atomic E-state index is 7.11. The molecule has 6 aromatic rings. The normalized spacial score (nSPS) is 11.3. The Bertz CT molecular complexity index is 1740. The van der Waals surface area contributed by atoms with Gasteiger partial charge in [-0.3, -0.25) is 0 Å². The minimum atomic E-state index is 0.745. The molecule has 0 amide bonds. The molecule has 0 heterocycles. The maximum absolute atomic E-state index is 7.11. The van der Waals surface area contributed by atoms with E-state index >= 15 is 0 Å². The zero-order chi connectivity index (χ0) is 24.8. The smallest absolute Gasteiger partial charge is 0.0480 e. The van der Waals surface area contributed by atoms with Crippen molar-refractivity contribution >= 4 is 32.9 Å². The monoisotopic (exact) mass is 464 g/mol. The van der Waals surface area contributed by atoms with Crippen LogP contribution in [0.2, 0.25) is 0 Å². The van der Waals surface area contributed by atoms with E-state index in [4.69, 9.17) is 11.5 Å². The van der Waals surface area contributed by atoms with Gasteiger partial charge in [-0.1, -0.05) is 108 Å². The Morgan fingerprint density at radius 2 is 0.889 bits per heavy atom. The lowest BCUT2D eigenvalue weighted by atomic mass is 9.85. The summed E-state index contributed by atoms with van der Waals surface area (Å²) in [7, 11) is 0. The Morgan fingerprint density at radius 3 is 1.42 bits per heavy atom. The minimum Gasteiger partial charge on any atom is -0.398 e. The third-order valence-electron chi connectivity index (χ3n) is 7.05. The first kappa shape index (κ1) is 21.9. The van der Waals surface area contributed by atoms with E-state index in [1.54, 1.807) is 0 Å². The molecule has 0 unspecified atom stereocenters. The first-order valence-corrected chi connectivity index (χ1v) is 12.3. The molecule has 4 N–H and O–H groups in total. The van der Waals surface area contributed by atoms with E-state index in [0.29, 0.717) is 0 Å². The van der Waals surface area contributed by atoms with Crippen molar-refractivity contribution in [1.82, 2.24) is 0 Å². The molecule has 6 aromatic carbocycles. The summed E-state index contributed by atoms with van der Waals surface area (Å²) in [5, 5.41) is 4.49. The number of aryl methyl sites for hydroxylation is 2. The van der Waals surface area contributed by atoms with Gasteiger partial charge >= 0.3 is 0 Å². The van der Waals surface area contributed by atoms with E-state index in [1.165, 1.54) is 11.1 Å². The van der Waals surface area contributed by atoms with Crippen LogP contribution in [-0.4, -0.2) is 0 Å². The van der Waals surface area contributed by atoms with Crippen LogP contribution in [-0.2, 0) is 0 Å². The van der Waals surface area contributed by atoms with Crippen molar-refractivity contribution in [3.63, 3.8) is 0 Å². The Kier molecular flexibility index (Phi) is 5.23. The van der Waals surface area contributed by atoms with Gasteiger partial charge in [-0.2, -0.15) is 0 Å². The van der Waals surface area contributed by atoms with Gasteiger partial charge in [-0.15, -0.1) is 0 Å². The molecule has 2 heteroatoms. The second kappa shape index (κ2) is 8.58. The highest BCUT2D eigenvalue weighted by Gasteiger charge is 2.21. The first-order valence-electron chi connectivity index (χ1n) is 12.3. The molecule has 174 valence electrons. The summed E-state index contributed by atoms with van der Waals surface area (Å²) in [6, 6.07) is 38.2. The predicted molar refractivity (Wildman–Crippen MR) is 156 cm³/mol. The summed E-state index contributed by atoms with van der Waals surface area (Å²) in [5.41, 5.74) is 24.3. The molecule has 0 spiro atoms. The van der Waals surface area contributed by atoms with Gasteiger partial charge in [-0.25, -0.2) is 0 Å². The van der Waals surface area contributed by atoms with Crippen LogP contribution in [0.1, 0.15) is 11.1 Å². The van der Waals surface area contributed by atoms with Crippen molar-refractivity contribution in [1.29, 1.82) is 0 Å². The lowest BCUT2D eigenvalue weighted by molar-refractivity contribution is 1.38. The van der Waals surface area contributed by atoms with Crippen LogP contribution >= 0.6 is 0 Å². The van der Waals surface area contributed by atoms with Crippen LogP contribution < -0.4 is 11.5 Å². The van der Waals surface area contributed by atoms with E-state index in [0.717, 1.165) is 66.3 Å². The van der Waals surface area contributed by atoms with Gasteiger partial charge in [0.25, 0.3) is 0 Å².